The van der Waals surface area contributed by atoms with Gasteiger partial charge in [-0.15, -0.1) is 0 Å². The van der Waals surface area contributed by atoms with Crippen LogP contribution >= 0.6 is 0 Å². The maximum absolute atomic E-state index is 13.0. The smallest absolute Gasteiger partial charge is 0.242 e. The fourth-order valence-corrected chi connectivity index (χ4v) is 3.83. The summed E-state index contributed by atoms with van der Waals surface area (Å²) in [6.45, 7) is 10.6. The number of aromatic nitrogens is 1. The van der Waals surface area contributed by atoms with E-state index in [-0.39, 0.29) is 24.3 Å². The third-order valence-corrected chi connectivity index (χ3v) is 5.44. The number of hydrogen-bond acceptors (Lipinski definition) is 4. The third-order valence-electron chi connectivity index (χ3n) is 5.44. The summed E-state index contributed by atoms with van der Waals surface area (Å²) < 4.78 is 0. The van der Waals surface area contributed by atoms with Crippen LogP contribution in [0.3, 0.4) is 0 Å². The highest BCUT2D eigenvalue weighted by molar-refractivity contribution is 5.99. The van der Waals surface area contributed by atoms with Gasteiger partial charge >= 0.3 is 0 Å². The van der Waals surface area contributed by atoms with Gasteiger partial charge in [0.05, 0.1) is 5.69 Å². The summed E-state index contributed by atoms with van der Waals surface area (Å²) in [5.41, 5.74) is 2.97. The first-order chi connectivity index (χ1) is 13.9. The van der Waals surface area contributed by atoms with E-state index in [4.69, 9.17) is 0 Å². The summed E-state index contributed by atoms with van der Waals surface area (Å²) >= 11 is 0. The van der Waals surface area contributed by atoms with Crippen molar-refractivity contribution in [3.63, 3.8) is 0 Å². The van der Waals surface area contributed by atoms with E-state index in [1.165, 1.54) is 6.92 Å². The predicted molar refractivity (Wildman–Crippen MR) is 116 cm³/mol. The topological polar surface area (TPSA) is 56.8 Å². The molecule has 154 valence electrons. The van der Waals surface area contributed by atoms with Crippen molar-refractivity contribution in [2.45, 2.75) is 33.6 Å². The molecule has 1 aliphatic rings. The number of benzene rings is 1. The summed E-state index contributed by atoms with van der Waals surface area (Å²) in [6, 6.07) is 11.9. The molecular weight excluding hydrogens is 364 g/mol. The Labute approximate surface area is 173 Å². The largest absolute Gasteiger partial charge is 0.353 e. The number of anilines is 2. The van der Waals surface area contributed by atoms with Crippen molar-refractivity contribution >= 4 is 23.3 Å². The molecule has 1 fully saturated rings. The van der Waals surface area contributed by atoms with Gasteiger partial charge in [-0.1, -0.05) is 38.1 Å². The summed E-state index contributed by atoms with van der Waals surface area (Å²) in [6.07, 6.45) is 1.78. The second-order valence-electron chi connectivity index (χ2n) is 7.83. The maximum atomic E-state index is 13.0. The molecule has 0 radical (unpaired) electrons. The monoisotopic (exact) mass is 394 g/mol. The van der Waals surface area contributed by atoms with E-state index in [0.717, 1.165) is 35.7 Å². The Morgan fingerprint density at radius 1 is 1.07 bits per heavy atom. The van der Waals surface area contributed by atoms with Crippen LogP contribution in [0.4, 0.5) is 11.5 Å². The second-order valence-corrected chi connectivity index (χ2v) is 7.83. The van der Waals surface area contributed by atoms with Crippen LogP contribution in [0.1, 0.15) is 37.8 Å². The average molecular weight is 395 g/mol. The van der Waals surface area contributed by atoms with Gasteiger partial charge in [0.2, 0.25) is 11.8 Å². The van der Waals surface area contributed by atoms with Crippen LogP contribution < -0.4 is 9.80 Å². The first kappa shape index (κ1) is 20.8. The van der Waals surface area contributed by atoms with E-state index >= 15 is 0 Å². The molecule has 2 aromatic rings. The number of piperazine rings is 1. The lowest BCUT2D eigenvalue weighted by Gasteiger charge is -2.36. The van der Waals surface area contributed by atoms with Crippen LogP contribution in [-0.4, -0.2) is 54.4 Å². The molecular formula is C23H30N4O2. The molecule has 2 heterocycles. The summed E-state index contributed by atoms with van der Waals surface area (Å²) in [5, 5.41) is 0. The molecule has 3 rings (SSSR count). The van der Waals surface area contributed by atoms with Crippen molar-refractivity contribution < 1.29 is 9.59 Å². The highest BCUT2D eigenvalue weighted by atomic mass is 16.2. The Morgan fingerprint density at radius 2 is 1.79 bits per heavy atom. The molecule has 0 bridgehead atoms. The van der Waals surface area contributed by atoms with Gasteiger partial charge in [0.25, 0.3) is 0 Å². The molecule has 6 heteroatoms. The molecule has 0 unspecified atom stereocenters. The quantitative estimate of drug-likeness (QED) is 0.781. The number of carbonyl (C=O) groups is 2. The van der Waals surface area contributed by atoms with Crippen molar-refractivity contribution in [1.29, 1.82) is 0 Å². The number of para-hydroxylation sites is 1. The number of rotatable bonds is 5. The van der Waals surface area contributed by atoms with Gasteiger partial charge in [-0.05, 0) is 36.1 Å². The first-order valence-electron chi connectivity index (χ1n) is 10.2. The normalized spacial score (nSPS) is 14.2. The Morgan fingerprint density at radius 3 is 2.38 bits per heavy atom. The van der Waals surface area contributed by atoms with Crippen molar-refractivity contribution in [3.8, 4) is 0 Å². The maximum Gasteiger partial charge on any atom is 0.242 e. The average Bonchev–Trinajstić information content (AvgIpc) is 2.72. The lowest BCUT2D eigenvalue weighted by molar-refractivity contribution is -0.131. The molecule has 6 nitrogen and oxygen atoms in total. The van der Waals surface area contributed by atoms with Crippen LogP contribution in [0.2, 0.25) is 0 Å². The van der Waals surface area contributed by atoms with Gasteiger partial charge in [-0.2, -0.15) is 0 Å². The number of pyridine rings is 1. The van der Waals surface area contributed by atoms with E-state index in [9.17, 15) is 9.59 Å². The van der Waals surface area contributed by atoms with Gasteiger partial charge < -0.3 is 14.7 Å². The zero-order valence-corrected chi connectivity index (χ0v) is 17.8. The summed E-state index contributed by atoms with van der Waals surface area (Å²) in [7, 11) is 0. The highest BCUT2D eigenvalue weighted by Gasteiger charge is 2.26. The van der Waals surface area contributed by atoms with E-state index in [0.29, 0.717) is 13.1 Å². The molecule has 1 aromatic heterocycles. The van der Waals surface area contributed by atoms with Crippen molar-refractivity contribution in [2.24, 2.45) is 0 Å². The van der Waals surface area contributed by atoms with Gasteiger partial charge in [0.1, 0.15) is 12.4 Å². The van der Waals surface area contributed by atoms with Crippen LogP contribution in [-0.2, 0) is 9.59 Å². The molecule has 2 amide bonds. The first-order valence-corrected chi connectivity index (χ1v) is 10.2. The second kappa shape index (κ2) is 9.07. The van der Waals surface area contributed by atoms with Crippen molar-refractivity contribution in [1.82, 2.24) is 9.88 Å². The SMILES string of the molecule is CC(=O)N(CC(=O)N1CCN(c2ccccn2)CC1)c1c(C)cccc1C(C)C. The molecule has 0 aliphatic carbocycles. The molecule has 1 aliphatic heterocycles. The predicted octanol–water partition coefficient (Wildman–Crippen LogP) is 3.22. The zero-order valence-electron chi connectivity index (χ0n) is 17.8. The van der Waals surface area contributed by atoms with E-state index in [2.05, 4.69) is 23.7 Å². The minimum atomic E-state index is -0.110. The molecule has 1 saturated heterocycles. The number of hydrogen-bond donors (Lipinski definition) is 0. The lowest BCUT2D eigenvalue weighted by Crippen LogP contribution is -2.52. The van der Waals surface area contributed by atoms with Crippen molar-refractivity contribution in [2.75, 3.05) is 42.5 Å². The number of carbonyl (C=O) groups excluding carboxylic acids is 2. The zero-order chi connectivity index (χ0) is 21.0. The number of aryl methyl sites for hydroxylation is 1. The van der Waals surface area contributed by atoms with Gasteiger partial charge in [-0.3, -0.25) is 9.59 Å². The number of amides is 2. The Kier molecular flexibility index (Phi) is 6.52. The van der Waals surface area contributed by atoms with Gasteiger partial charge in [0, 0.05) is 39.3 Å². The van der Waals surface area contributed by atoms with Crippen LogP contribution in [0.5, 0.6) is 0 Å². The van der Waals surface area contributed by atoms with E-state index in [1.807, 2.05) is 48.2 Å². The van der Waals surface area contributed by atoms with Gasteiger partial charge in [0.15, 0.2) is 0 Å². The van der Waals surface area contributed by atoms with Gasteiger partial charge in [-0.25, -0.2) is 4.98 Å². The summed E-state index contributed by atoms with van der Waals surface area (Å²) in [4.78, 5) is 35.5. The summed E-state index contributed by atoms with van der Waals surface area (Å²) in [5.74, 6) is 1.08. The van der Waals surface area contributed by atoms with E-state index in [1.54, 1.807) is 11.1 Å². The van der Waals surface area contributed by atoms with Crippen LogP contribution in [0.15, 0.2) is 42.6 Å². The fraction of sp³-hybridized carbons (Fsp3) is 0.435. The Bertz CT molecular complexity index is 858. The number of nitrogens with zero attached hydrogens (tertiary/aromatic N) is 4. The highest BCUT2D eigenvalue weighted by Crippen LogP contribution is 2.31. The van der Waals surface area contributed by atoms with Crippen LogP contribution in [0.25, 0.3) is 0 Å². The standard InChI is InChI=1S/C23H30N4O2/c1-17(2)20-9-7-8-18(3)23(20)27(19(4)28)16-22(29)26-14-12-25(13-15-26)21-10-5-6-11-24-21/h5-11,17H,12-16H2,1-4H3. The van der Waals surface area contributed by atoms with E-state index < -0.39 is 0 Å². The molecule has 1 aromatic carbocycles. The Balaban J connectivity index is 1.71. The molecule has 29 heavy (non-hydrogen) atoms. The van der Waals surface area contributed by atoms with Crippen LogP contribution in [0, 0.1) is 6.92 Å². The molecule has 0 atom stereocenters. The fourth-order valence-electron chi connectivity index (χ4n) is 3.83. The minimum absolute atomic E-state index is 0.0150. The third kappa shape index (κ3) is 4.75. The van der Waals surface area contributed by atoms with Crippen molar-refractivity contribution in [3.05, 3.63) is 53.7 Å². The lowest BCUT2D eigenvalue weighted by atomic mass is 9.97. The molecule has 0 saturated carbocycles. The molecule has 0 spiro atoms. The minimum Gasteiger partial charge on any atom is -0.353 e. The molecule has 0 N–H and O–H groups in total. The Hall–Kier alpha value is -2.89.